The fraction of sp³-hybridized carbons (Fsp3) is 0. The van der Waals surface area contributed by atoms with Crippen LogP contribution in [0.3, 0.4) is 0 Å². The van der Waals surface area contributed by atoms with Crippen molar-refractivity contribution in [1.29, 1.82) is 0 Å². The van der Waals surface area contributed by atoms with Crippen LogP contribution >= 0.6 is 0 Å². The summed E-state index contributed by atoms with van der Waals surface area (Å²) in [6.45, 7) is 0. The summed E-state index contributed by atoms with van der Waals surface area (Å²) in [5.41, 5.74) is 3.81. The van der Waals surface area contributed by atoms with Gasteiger partial charge in [0.2, 0.25) is 5.96 Å². The molecule has 2 aromatic rings. The Morgan fingerprint density at radius 3 is 2.94 bits per heavy atom. The Labute approximate surface area is 96.7 Å². The normalized spacial score (nSPS) is 16.3. The van der Waals surface area contributed by atoms with Crippen LogP contribution in [-0.4, -0.2) is 16.2 Å². The molecule has 2 heterocycles. The van der Waals surface area contributed by atoms with Crippen LogP contribution in [0.15, 0.2) is 41.5 Å². The standard InChI is InChI=1S/C10H9N6O/c17-16-8-4-2-1-3-7(8)12-10(15-16)13-9-5-6-11-14-9/h1-6H,(H3,11,12,13,14,15)/q-1. The lowest BCUT2D eigenvalue weighted by Crippen LogP contribution is -2.46. The van der Waals surface area contributed by atoms with Gasteiger partial charge in [-0.3, -0.25) is 10.5 Å². The highest BCUT2D eigenvalue weighted by Crippen LogP contribution is 2.26. The molecule has 0 unspecified atom stereocenters. The van der Waals surface area contributed by atoms with Crippen molar-refractivity contribution in [2.45, 2.75) is 0 Å². The van der Waals surface area contributed by atoms with E-state index in [0.717, 1.165) is 0 Å². The molecule has 1 aromatic carbocycles. The van der Waals surface area contributed by atoms with Crippen LogP contribution in [0, 0.1) is 5.21 Å². The molecule has 7 heteroatoms. The van der Waals surface area contributed by atoms with E-state index >= 15 is 0 Å². The number of hydrogen-bond donors (Lipinski definition) is 3. The van der Waals surface area contributed by atoms with E-state index in [4.69, 9.17) is 0 Å². The maximum Gasteiger partial charge on any atom is 0.221 e. The smallest absolute Gasteiger partial charge is 0.221 e. The van der Waals surface area contributed by atoms with Crippen LogP contribution in [0.2, 0.25) is 0 Å². The number of rotatable bonds is 1. The molecular weight excluding hydrogens is 220 g/mol. The molecule has 0 bridgehead atoms. The van der Waals surface area contributed by atoms with Gasteiger partial charge in [0.15, 0.2) is 5.82 Å². The molecule has 0 saturated carbocycles. The Kier molecular flexibility index (Phi) is 2.16. The number of benzene rings is 1. The number of aliphatic imine (C=N–C) groups is 1. The lowest BCUT2D eigenvalue weighted by molar-refractivity contribution is 0.907. The monoisotopic (exact) mass is 229 g/mol. The minimum absolute atomic E-state index is 0.350. The van der Waals surface area contributed by atoms with Gasteiger partial charge in [0.1, 0.15) is 0 Å². The first-order chi connectivity index (χ1) is 8.33. The first kappa shape index (κ1) is 9.67. The van der Waals surface area contributed by atoms with E-state index in [2.05, 4.69) is 25.9 Å². The highest BCUT2D eigenvalue weighted by molar-refractivity contribution is 6.01. The summed E-state index contributed by atoms with van der Waals surface area (Å²) in [6, 6.07) is 8.87. The van der Waals surface area contributed by atoms with Gasteiger partial charge in [-0.15, -0.1) is 0 Å². The van der Waals surface area contributed by atoms with Crippen molar-refractivity contribution >= 4 is 23.2 Å². The van der Waals surface area contributed by atoms with E-state index in [1.165, 1.54) is 0 Å². The van der Waals surface area contributed by atoms with E-state index in [-0.39, 0.29) is 0 Å². The maximum atomic E-state index is 11.7. The van der Waals surface area contributed by atoms with E-state index in [0.29, 0.717) is 28.3 Å². The molecule has 0 radical (unpaired) electrons. The van der Waals surface area contributed by atoms with Crippen molar-refractivity contribution in [3.05, 3.63) is 41.7 Å². The summed E-state index contributed by atoms with van der Waals surface area (Å²) in [4.78, 5) is 4.16. The molecule has 0 saturated heterocycles. The number of hydrogen-bond acceptors (Lipinski definition) is 4. The third-order valence-corrected chi connectivity index (χ3v) is 2.30. The Morgan fingerprint density at radius 2 is 2.12 bits per heavy atom. The van der Waals surface area contributed by atoms with Crippen molar-refractivity contribution in [3.63, 3.8) is 0 Å². The van der Waals surface area contributed by atoms with Crippen molar-refractivity contribution in [2.75, 3.05) is 10.5 Å². The number of aromatic nitrogens is 2. The maximum absolute atomic E-state index is 11.7. The molecular formula is C10H9N6O-. The van der Waals surface area contributed by atoms with Crippen LogP contribution < -0.4 is 15.9 Å². The summed E-state index contributed by atoms with van der Waals surface area (Å²) in [6.07, 6.45) is 1.59. The first-order valence-corrected chi connectivity index (χ1v) is 5.01. The minimum atomic E-state index is 0.350. The van der Waals surface area contributed by atoms with Crippen LogP contribution in [0.5, 0.6) is 0 Å². The van der Waals surface area contributed by atoms with Gasteiger partial charge in [0.25, 0.3) is 0 Å². The molecule has 3 rings (SSSR count). The number of H-pyrrole nitrogens is 1. The third kappa shape index (κ3) is 1.79. The zero-order valence-corrected chi connectivity index (χ0v) is 8.71. The van der Waals surface area contributed by atoms with E-state index in [1.54, 1.807) is 24.4 Å². The van der Waals surface area contributed by atoms with Crippen LogP contribution in [-0.2, 0) is 0 Å². The highest BCUT2D eigenvalue weighted by Gasteiger charge is 2.13. The van der Waals surface area contributed by atoms with Gasteiger partial charge >= 0.3 is 0 Å². The van der Waals surface area contributed by atoms with Gasteiger partial charge in [0, 0.05) is 6.07 Å². The van der Waals surface area contributed by atoms with Gasteiger partial charge in [-0.1, -0.05) is 12.1 Å². The van der Waals surface area contributed by atoms with Crippen molar-refractivity contribution < 1.29 is 0 Å². The topological polar surface area (TPSA) is 91.4 Å². The average molecular weight is 229 g/mol. The molecule has 0 atom stereocenters. The number of hydrazine groups is 1. The first-order valence-electron chi connectivity index (χ1n) is 5.01. The van der Waals surface area contributed by atoms with Gasteiger partial charge in [-0.2, -0.15) is 10.1 Å². The Hall–Kier alpha value is -2.54. The molecule has 0 spiro atoms. The predicted octanol–water partition coefficient (Wildman–Crippen LogP) is 1.33. The van der Waals surface area contributed by atoms with Crippen LogP contribution in [0.25, 0.3) is 0 Å². The summed E-state index contributed by atoms with van der Waals surface area (Å²) in [5, 5.41) is 21.8. The summed E-state index contributed by atoms with van der Waals surface area (Å²) in [7, 11) is 0. The van der Waals surface area contributed by atoms with Gasteiger partial charge < -0.3 is 15.7 Å². The van der Waals surface area contributed by atoms with Crippen LogP contribution in [0.4, 0.5) is 17.2 Å². The number of nitrogens with one attached hydrogen (secondary N) is 3. The second-order valence-electron chi connectivity index (χ2n) is 3.45. The highest BCUT2D eigenvalue weighted by atomic mass is 16.5. The largest absolute Gasteiger partial charge is 0.739 e. The minimum Gasteiger partial charge on any atom is -0.739 e. The number of nitrogens with zero attached hydrogens (tertiary/aromatic N) is 3. The molecule has 0 fully saturated rings. The molecule has 3 N–H and O–H groups in total. The number of fused-ring (bicyclic) bond motifs is 1. The molecule has 1 aromatic heterocycles. The molecule has 7 nitrogen and oxygen atoms in total. The molecule has 86 valence electrons. The number of aromatic amines is 1. The van der Waals surface area contributed by atoms with Gasteiger partial charge in [-0.05, 0) is 12.1 Å². The summed E-state index contributed by atoms with van der Waals surface area (Å²) < 4.78 is 0. The van der Waals surface area contributed by atoms with Crippen molar-refractivity contribution in [2.24, 2.45) is 4.99 Å². The molecule has 17 heavy (non-hydrogen) atoms. The molecule has 0 amide bonds. The summed E-state index contributed by atoms with van der Waals surface area (Å²) in [5.74, 6) is 0.913. The Morgan fingerprint density at radius 1 is 1.24 bits per heavy atom. The van der Waals surface area contributed by atoms with E-state index < -0.39 is 0 Å². The zero-order chi connectivity index (χ0) is 11.7. The molecule has 0 aliphatic carbocycles. The van der Waals surface area contributed by atoms with Crippen LogP contribution in [0.1, 0.15) is 0 Å². The second-order valence-corrected chi connectivity index (χ2v) is 3.45. The van der Waals surface area contributed by atoms with Gasteiger partial charge in [0.05, 0.1) is 17.6 Å². The Balaban J connectivity index is 1.94. The van der Waals surface area contributed by atoms with E-state index in [1.807, 2.05) is 12.1 Å². The SMILES string of the molecule is [O-]N1NC(=Nc2ccn[nH]2)Nc2ccccc21. The number of guanidine groups is 1. The lowest BCUT2D eigenvalue weighted by Gasteiger charge is -2.37. The zero-order valence-electron chi connectivity index (χ0n) is 8.71. The average Bonchev–Trinajstić information content (AvgIpc) is 2.82. The third-order valence-electron chi connectivity index (χ3n) is 2.30. The predicted molar refractivity (Wildman–Crippen MR) is 64.7 cm³/mol. The van der Waals surface area contributed by atoms with Gasteiger partial charge in [-0.25, -0.2) is 0 Å². The molecule has 1 aliphatic heterocycles. The number of anilines is 2. The van der Waals surface area contributed by atoms with E-state index in [9.17, 15) is 5.21 Å². The fourth-order valence-corrected chi connectivity index (χ4v) is 1.55. The Bertz CT molecular complexity index is 550. The lowest BCUT2D eigenvalue weighted by atomic mass is 10.2. The second kappa shape index (κ2) is 3.80. The van der Waals surface area contributed by atoms with Crippen molar-refractivity contribution in [3.8, 4) is 0 Å². The number of para-hydroxylation sites is 2. The summed E-state index contributed by atoms with van der Waals surface area (Å²) >= 11 is 0. The quantitative estimate of drug-likeness (QED) is 0.686. The molecule has 1 aliphatic rings. The fourth-order valence-electron chi connectivity index (χ4n) is 1.55. The van der Waals surface area contributed by atoms with Crippen molar-refractivity contribution in [1.82, 2.24) is 15.6 Å².